The number of aryl methyl sites for hydroxylation is 2. The zero-order valence-corrected chi connectivity index (χ0v) is 17.6. The second kappa shape index (κ2) is 9.08. The van der Waals surface area contributed by atoms with Gasteiger partial charge in [-0.2, -0.15) is 0 Å². The monoisotopic (exact) mass is 414 g/mol. The molecule has 0 aliphatic heterocycles. The van der Waals surface area contributed by atoms with Gasteiger partial charge in [0.15, 0.2) is 0 Å². The number of hydrogen-bond donors (Lipinski definition) is 1. The normalized spacial score (nSPS) is 11.4. The highest BCUT2D eigenvalue weighted by Gasteiger charge is 2.20. The summed E-state index contributed by atoms with van der Waals surface area (Å²) in [7, 11) is 1.60. The van der Waals surface area contributed by atoms with Gasteiger partial charge in [-0.1, -0.05) is 6.07 Å². The molecule has 9 nitrogen and oxygen atoms in total. The number of carbonyl (C=O) groups excluding carboxylic acids is 2. The summed E-state index contributed by atoms with van der Waals surface area (Å²) in [5.74, 6) is -1.00. The van der Waals surface area contributed by atoms with Gasteiger partial charge in [-0.3, -0.25) is 18.8 Å². The number of amides is 1. The molecule has 0 bridgehead atoms. The number of nitrogens with one attached hydrogen (secondary N) is 1. The van der Waals surface area contributed by atoms with E-state index < -0.39 is 11.9 Å². The molecular formula is C21H26N4O5. The summed E-state index contributed by atoms with van der Waals surface area (Å²) in [6, 6.07) is 5.18. The predicted octanol–water partition coefficient (Wildman–Crippen LogP) is 1.68. The van der Waals surface area contributed by atoms with Crippen LogP contribution in [0.3, 0.4) is 0 Å². The Morgan fingerprint density at radius 3 is 2.73 bits per heavy atom. The molecule has 3 aromatic heterocycles. The van der Waals surface area contributed by atoms with Crippen LogP contribution in [0.2, 0.25) is 0 Å². The summed E-state index contributed by atoms with van der Waals surface area (Å²) < 4.78 is 13.3. The highest BCUT2D eigenvalue weighted by Crippen LogP contribution is 2.18. The van der Waals surface area contributed by atoms with Crippen molar-refractivity contribution >= 4 is 28.6 Å². The topological polar surface area (TPSA) is 104 Å². The summed E-state index contributed by atoms with van der Waals surface area (Å²) in [6.45, 7) is 6.01. The number of ether oxygens (including phenoxy) is 2. The number of carbonyl (C=O) groups is 2. The van der Waals surface area contributed by atoms with E-state index in [0.29, 0.717) is 36.3 Å². The Kier molecular flexibility index (Phi) is 6.51. The van der Waals surface area contributed by atoms with E-state index in [9.17, 15) is 14.4 Å². The number of esters is 1. The lowest BCUT2D eigenvalue weighted by molar-refractivity contribution is -0.146. The van der Waals surface area contributed by atoms with Crippen LogP contribution in [0.4, 0.5) is 0 Å². The number of pyridine rings is 1. The second-order valence-electron chi connectivity index (χ2n) is 7.29. The lowest BCUT2D eigenvalue weighted by atomic mass is 10.3. The van der Waals surface area contributed by atoms with Crippen molar-refractivity contribution in [3.8, 4) is 0 Å². The highest BCUT2D eigenvalue weighted by molar-refractivity contribution is 5.99. The standard InChI is InChI=1S/C21H26N4O5/c1-13(2)30-17(26)12-22-20(27)16-11-15-19(24(16)9-6-10-29-4)23-18-14(3)7-5-8-25(18)21(15)28/h5,7-8,11,13H,6,9-10,12H2,1-4H3,(H,22,27). The lowest BCUT2D eigenvalue weighted by Crippen LogP contribution is -2.33. The SMILES string of the molecule is COCCCn1c(C(=O)NCC(=O)OC(C)C)cc2c(=O)n3cccc(C)c3nc21. The van der Waals surface area contributed by atoms with E-state index in [1.54, 1.807) is 37.8 Å². The first-order valence-electron chi connectivity index (χ1n) is 9.81. The molecule has 9 heteroatoms. The molecule has 160 valence electrons. The van der Waals surface area contributed by atoms with Crippen molar-refractivity contribution in [3.63, 3.8) is 0 Å². The van der Waals surface area contributed by atoms with Crippen LogP contribution in [0.25, 0.3) is 16.7 Å². The fraction of sp³-hybridized carbons (Fsp3) is 0.429. The van der Waals surface area contributed by atoms with Crippen LogP contribution in [0.15, 0.2) is 29.2 Å². The molecule has 1 amide bonds. The first-order chi connectivity index (χ1) is 14.3. The Bertz CT molecular complexity index is 1150. The number of nitrogens with zero attached hydrogens (tertiary/aromatic N) is 3. The fourth-order valence-corrected chi connectivity index (χ4v) is 3.29. The third kappa shape index (κ3) is 4.35. The van der Waals surface area contributed by atoms with Crippen LogP contribution in [-0.2, 0) is 20.8 Å². The molecule has 0 fully saturated rings. The van der Waals surface area contributed by atoms with Gasteiger partial charge >= 0.3 is 5.97 Å². The van der Waals surface area contributed by atoms with Crippen LogP contribution in [0.1, 0.15) is 36.3 Å². The van der Waals surface area contributed by atoms with Gasteiger partial charge < -0.3 is 19.4 Å². The van der Waals surface area contributed by atoms with Crippen LogP contribution in [0.5, 0.6) is 0 Å². The van der Waals surface area contributed by atoms with E-state index in [1.165, 1.54) is 10.5 Å². The van der Waals surface area contributed by atoms with Crippen LogP contribution in [0, 0.1) is 6.92 Å². The molecule has 1 N–H and O–H groups in total. The van der Waals surface area contributed by atoms with E-state index >= 15 is 0 Å². The maximum absolute atomic E-state index is 13.0. The quantitative estimate of drug-likeness (QED) is 0.444. The maximum Gasteiger partial charge on any atom is 0.325 e. The molecule has 0 saturated carbocycles. The molecule has 3 aromatic rings. The number of aromatic nitrogens is 3. The van der Waals surface area contributed by atoms with Crippen molar-refractivity contribution < 1.29 is 19.1 Å². The highest BCUT2D eigenvalue weighted by atomic mass is 16.5. The molecule has 0 aromatic carbocycles. The summed E-state index contributed by atoms with van der Waals surface area (Å²) in [5, 5.41) is 2.90. The molecule has 0 spiro atoms. The fourth-order valence-electron chi connectivity index (χ4n) is 3.29. The van der Waals surface area contributed by atoms with Gasteiger partial charge in [-0.15, -0.1) is 0 Å². The molecular weight excluding hydrogens is 388 g/mol. The van der Waals surface area contributed by atoms with E-state index in [4.69, 9.17) is 9.47 Å². The Morgan fingerprint density at radius 2 is 2.03 bits per heavy atom. The Balaban J connectivity index is 2.04. The third-order valence-corrected chi connectivity index (χ3v) is 4.61. The van der Waals surface area contributed by atoms with Crippen LogP contribution in [-0.4, -0.2) is 52.2 Å². The van der Waals surface area contributed by atoms with Crippen molar-refractivity contribution in [2.24, 2.45) is 0 Å². The second-order valence-corrected chi connectivity index (χ2v) is 7.29. The predicted molar refractivity (Wildman–Crippen MR) is 112 cm³/mol. The van der Waals surface area contributed by atoms with Crippen molar-refractivity contribution in [2.75, 3.05) is 20.3 Å². The number of rotatable bonds is 8. The molecule has 3 rings (SSSR count). The zero-order valence-electron chi connectivity index (χ0n) is 17.6. The van der Waals surface area contributed by atoms with E-state index in [2.05, 4.69) is 10.3 Å². The average molecular weight is 414 g/mol. The van der Waals surface area contributed by atoms with E-state index in [-0.39, 0.29) is 23.9 Å². The van der Waals surface area contributed by atoms with Crippen molar-refractivity contribution in [1.82, 2.24) is 19.3 Å². The lowest BCUT2D eigenvalue weighted by Gasteiger charge is -2.12. The zero-order chi connectivity index (χ0) is 21.8. The van der Waals surface area contributed by atoms with Gasteiger partial charge in [0.1, 0.15) is 23.5 Å². The third-order valence-electron chi connectivity index (χ3n) is 4.61. The van der Waals surface area contributed by atoms with Gasteiger partial charge in [0.25, 0.3) is 11.5 Å². The Morgan fingerprint density at radius 1 is 1.27 bits per heavy atom. The average Bonchev–Trinajstić information content (AvgIpc) is 3.06. The van der Waals surface area contributed by atoms with Crippen molar-refractivity contribution in [3.05, 3.63) is 46.0 Å². The molecule has 0 radical (unpaired) electrons. The minimum Gasteiger partial charge on any atom is -0.462 e. The minimum atomic E-state index is -0.528. The molecule has 0 aliphatic carbocycles. The van der Waals surface area contributed by atoms with Crippen LogP contribution < -0.4 is 10.9 Å². The Labute approximate surface area is 173 Å². The van der Waals surface area contributed by atoms with Gasteiger partial charge in [-0.25, -0.2) is 4.98 Å². The molecule has 0 unspecified atom stereocenters. The number of fused-ring (bicyclic) bond motifs is 2. The van der Waals surface area contributed by atoms with Crippen LogP contribution >= 0.6 is 0 Å². The molecule has 0 aliphatic rings. The molecule has 3 heterocycles. The van der Waals surface area contributed by atoms with Crippen molar-refractivity contribution in [2.45, 2.75) is 39.8 Å². The van der Waals surface area contributed by atoms with Gasteiger partial charge in [0, 0.05) is 26.5 Å². The Hall–Kier alpha value is -3.20. The largest absolute Gasteiger partial charge is 0.462 e. The molecule has 0 saturated heterocycles. The summed E-state index contributed by atoms with van der Waals surface area (Å²) in [4.78, 5) is 42.3. The molecule has 30 heavy (non-hydrogen) atoms. The van der Waals surface area contributed by atoms with Gasteiger partial charge in [-0.05, 0) is 44.9 Å². The smallest absolute Gasteiger partial charge is 0.325 e. The summed E-state index contributed by atoms with van der Waals surface area (Å²) in [6.07, 6.45) is 2.01. The maximum atomic E-state index is 13.0. The van der Waals surface area contributed by atoms with E-state index in [0.717, 1.165) is 5.56 Å². The number of hydrogen-bond acceptors (Lipinski definition) is 6. The summed E-state index contributed by atoms with van der Waals surface area (Å²) in [5.41, 5.74) is 1.83. The first kappa shape index (κ1) is 21.5. The van der Waals surface area contributed by atoms with Gasteiger partial charge in [0.05, 0.1) is 11.5 Å². The van der Waals surface area contributed by atoms with E-state index in [1.807, 2.05) is 13.0 Å². The first-order valence-corrected chi connectivity index (χ1v) is 9.81. The molecule has 0 atom stereocenters. The summed E-state index contributed by atoms with van der Waals surface area (Å²) >= 11 is 0. The minimum absolute atomic E-state index is 0.252. The van der Waals surface area contributed by atoms with Gasteiger partial charge in [0.2, 0.25) is 0 Å². The number of methoxy groups -OCH3 is 1. The van der Waals surface area contributed by atoms with Crippen molar-refractivity contribution in [1.29, 1.82) is 0 Å².